The molecular weight excluding hydrogens is 218 g/mol. The second-order valence-corrected chi connectivity index (χ2v) is 3.66. The number of methoxy groups -OCH3 is 1. The molecule has 0 radical (unpaired) electrons. The van der Waals surface area contributed by atoms with Crippen molar-refractivity contribution in [1.82, 2.24) is 14.8 Å². The zero-order valence-corrected chi connectivity index (χ0v) is 9.92. The second-order valence-electron chi connectivity index (χ2n) is 3.66. The van der Waals surface area contributed by atoms with E-state index in [4.69, 9.17) is 4.74 Å². The van der Waals surface area contributed by atoms with Gasteiger partial charge in [0.05, 0.1) is 12.7 Å². The highest BCUT2D eigenvalue weighted by molar-refractivity contribution is 5.68. The third-order valence-electron chi connectivity index (χ3n) is 2.51. The normalized spacial score (nSPS) is 10.5. The van der Waals surface area contributed by atoms with E-state index >= 15 is 0 Å². The van der Waals surface area contributed by atoms with Crippen molar-refractivity contribution in [2.45, 2.75) is 19.9 Å². The van der Waals surface area contributed by atoms with Gasteiger partial charge in [0.15, 0.2) is 17.3 Å². The molecule has 1 N–H and O–H groups in total. The fourth-order valence-corrected chi connectivity index (χ4v) is 1.72. The van der Waals surface area contributed by atoms with Crippen molar-refractivity contribution < 1.29 is 9.84 Å². The predicted octanol–water partition coefficient (Wildman–Crippen LogP) is 2.07. The maximum absolute atomic E-state index is 10.0. The second kappa shape index (κ2) is 4.86. The van der Waals surface area contributed by atoms with Crippen LogP contribution in [0.25, 0.3) is 11.4 Å². The van der Waals surface area contributed by atoms with Gasteiger partial charge < -0.3 is 9.84 Å². The SMILES string of the molecule is CCCn1ncnc1-c1cccc(OC)c1O. The fraction of sp³-hybridized carbons (Fsp3) is 0.333. The Bertz CT molecular complexity index is 508. The highest BCUT2D eigenvalue weighted by atomic mass is 16.5. The van der Waals surface area contributed by atoms with E-state index < -0.39 is 0 Å². The molecule has 0 saturated heterocycles. The molecule has 90 valence electrons. The summed E-state index contributed by atoms with van der Waals surface area (Å²) in [4.78, 5) is 4.18. The van der Waals surface area contributed by atoms with Crippen LogP contribution in [-0.2, 0) is 6.54 Å². The molecule has 1 heterocycles. The Labute approximate surface area is 99.7 Å². The fourth-order valence-electron chi connectivity index (χ4n) is 1.72. The lowest BCUT2D eigenvalue weighted by Crippen LogP contribution is -2.02. The van der Waals surface area contributed by atoms with E-state index in [1.807, 2.05) is 6.07 Å². The number of benzene rings is 1. The number of nitrogens with zero attached hydrogens (tertiary/aromatic N) is 3. The number of phenolic OH excluding ortho intramolecular Hbond substituents is 1. The molecular formula is C12H15N3O2. The largest absolute Gasteiger partial charge is 0.504 e. The minimum Gasteiger partial charge on any atom is -0.504 e. The van der Waals surface area contributed by atoms with Gasteiger partial charge in [-0.1, -0.05) is 13.0 Å². The molecule has 0 atom stereocenters. The molecule has 0 saturated carbocycles. The van der Waals surface area contributed by atoms with E-state index in [1.165, 1.54) is 13.4 Å². The highest BCUT2D eigenvalue weighted by Crippen LogP contribution is 2.35. The average molecular weight is 233 g/mol. The van der Waals surface area contributed by atoms with Crippen LogP contribution in [0.3, 0.4) is 0 Å². The predicted molar refractivity (Wildman–Crippen MR) is 64.0 cm³/mol. The Morgan fingerprint density at radius 3 is 2.94 bits per heavy atom. The number of phenols is 1. The molecule has 17 heavy (non-hydrogen) atoms. The smallest absolute Gasteiger partial charge is 0.168 e. The molecule has 0 aliphatic rings. The molecule has 1 aromatic heterocycles. The van der Waals surface area contributed by atoms with Crippen molar-refractivity contribution in [3.05, 3.63) is 24.5 Å². The lowest BCUT2D eigenvalue weighted by Gasteiger charge is -2.09. The van der Waals surface area contributed by atoms with Gasteiger partial charge in [-0.2, -0.15) is 5.10 Å². The average Bonchev–Trinajstić information content (AvgIpc) is 2.78. The third-order valence-corrected chi connectivity index (χ3v) is 2.51. The van der Waals surface area contributed by atoms with Gasteiger partial charge in [0.1, 0.15) is 6.33 Å². The Hall–Kier alpha value is -2.04. The first-order valence-corrected chi connectivity index (χ1v) is 5.52. The van der Waals surface area contributed by atoms with Crippen LogP contribution >= 0.6 is 0 Å². The monoisotopic (exact) mass is 233 g/mol. The molecule has 2 aromatic rings. The molecule has 0 spiro atoms. The van der Waals surface area contributed by atoms with Crippen LogP contribution in [0.2, 0.25) is 0 Å². The van der Waals surface area contributed by atoms with Crippen molar-refractivity contribution in [2.75, 3.05) is 7.11 Å². The van der Waals surface area contributed by atoms with Crippen LogP contribution in [0.15, 0.2) is 24.5 Å². The quantitative estimate of drug-likeness (QED) is 0.878. The summed E-state index contributed by atoms with van der Waals surface area (Å²) in [6.45, 7) is 2.84. The van der Waals surface area contributed by atoms with Gasteiger partial charge in [0.2, 0.25) is 0 Å². The molecule has 2 rings (SSSR count). The van der Waals surface area contributed by atoms with E-state index in [0.717, 1.165) is 13.0 Å². The number of aryl methyl sites for hydroxylation is 1. The Balaban J connectivity index is 2.49. The summed E-state index contributed by atoms with van der Waals surface area (Å²) in [6, 6.07) is 5.33. The Morgan fingerprint density at radius 1 is 1.41 bits per heavy atom. The van der Waals surface area contributed by atoms with E-state index in [0.29, 0.717) is 17.1 Å². The standard InChI is InChI=1S/C12H15N3O2/c1-3-7-15-12(13-8-14-15)9-5-4-6-10(17-2)11(9)16/h4-6,8,16H,3,7H2,1-2H3. The summed E-state index contributed by atoms with van der Waals surface area (Å²) in [5.41, 5.74) is 0.635. The van der Waals surface area contributed by atoms with Crippen LogP contribution in [0.4, 0.5) is 0 Å². The first kappa shape index (κ1) is 11.4. The maximum Gasteiger partial charge on any atom is 0.168 e. The first-order valence-electron chi connectivity index (χ1n) is 5.52. The molecule has 1 aromatic carbocycles. The summed E-state index contributed by atoms with van der Waals surface area (Å²) in [6.07, 6.45) is 2.45. The Morgan fingerprint density at radius 2 is 2.24 bits per heavy atom. The molecule has 0 aliphatic carbocycles. The van der Waals surface area contributed by atoms with Gasteiger partial charge in [0.25, 0.3) is 0 Å². The molecule has 0 bridgehead atoms. The van der Waals surface area contributed by atoms with E-state index in [9.17, 15) is 5.11 Å². The van der Waals surface area contributed by atoms with Crippen LogP contribution in [0, 0.1) is 0 Å². The molecule has 0 aliphatic heterocycles. The van der Waals surface area contributed by atoms with Crippen LogP contribution < -0.4 is 4.74 Å². The molecule has 0 fully saturated rings. The molecule has 5 heteroatoms. The van der Waals surface area contributed by atoms with Crippen LogP contribution in [-0.4, -0.2) is 27.0 Å². The number of para-hydroxylation sites is 1. The number of hydrogen-bond acceptors (Lipinski definition) is 4. The minimum absolute atomic E-state index is 0.0975. The zero-order chi connectivity index (χ0) is 12.3. The topological polar surface area (TPSA) is 60.2 Å². The number of aromatic nitrogens is 3. The maximum atomic E-state index is 10.0. The number of aromatic hydroxyl groups is 1. The van der Waals surface area contributed by atoms with Gasteiger partial charge in [-0.15, -0.1) is 0 Å². The Kier molecular flexibility index (Phi) is 3.27. The minimum atomic E-state index is 0.0975. The van der Waals surface area contributed by atoms with Gasteiger partial charge in [-0.3, -0.25) is 0 Å². The summed E-state index contributed by atoms with van der Waals surface area (Å²) < 4.78 is 6.85. The van der Waals surface area contributed by atoms with Crippen molar-refractivity contribution in [1.29, 1.82) is 0 Å². The summed E-state index contributed by atoms with van der Waals surface area (Å²) in [5.74, 6) is 1.19. The summed E-state index contributed by atoms with van der Waals surface area (Å²) >= 11 is 0. The van der Waals surface area contributed by atoms with E-state index in [1.54, 1.807) is 16.8 Å². The van der Waals surface area contributed by atoms with Gasteiger partial charge in [0, 0.05) is 6.54 Å². The summed E-state index contributed by atoms with van der Waals surface area (Å²) in [5, 5.41) is 14.2. The molecule has 5 nitrogen and oxygen atoms in total. The lowest BCUT2D eigenvalue weighted by atomic mass is 10.1. The van der Waals surface area contributed by atoms with Crippen molar-refractivity contribution in [3.8, 4) is 22.9 Å². The molecule has 0 unspecified atom stereocenters. The van der Waals surface area contributed by atoms with Gasteiger partial charge >= 0.3 is 0 Å². The molecule has 0 amide bonds. The van der Waals surface area contributed by atoms with E-state index in [-0.39, 0.29) is 5.75 Å². The van der Waals surface area contributed by atoms with Gasteiger partial charge in [-0.25, -0.2) is 9.67 Å². The summed E-state index contributed by atoms with van der Waals surface area (Å²) in [7, 11) is 1.52. The van der Waals surface area contributed by atoms with Crippen molar-refractivity contribution in [2.24, 2.45) is 0 Å². The highest BCUT2D eigenvalue weighted by Gasteiger charge is 2.14. The van der Waals surface area contributed by atoms with Crippen molar-refractivity contribution >= 4 is 0 Å². The van der Waals surface area contributed by atoms with Crippen LogP contribution in [0.1, 0.15) is 13.3 Å². The number of ether oxygens (including phenoxy) is 1. The number of rotatable bonds is 4. The van der Waals surface area contributed by atoms with Crippen LogP contribution in [0.5, 0.6) is 11.5 Å². The zero-order valence-electron chi connectivity index (χ0n) is 9.92. The first-order chi connectivity index (χ1) is 8.27. The van der Waals surface area contributed by atoms with Gasteiger partial charge in [-0.05, 0) is 18.6 Å². The third kappa shape index (κ3) is 2.08. The van der Waals surface area contributed by atoms with E-state index in [2.05, 4.69) is 17.0 Å². The van der Waals surface area contributed by atoms with Crippen molar-refractivity contribution in [3.63, 3.8) is 0 Å². The number of hydrogen-bond donors (Lipinski definition) is 1. The lowest BCUT2D eigenvalue weighted by molar-refractivity contribution is 0.374.